The van der Waals surface area contributed by atoms with Crippen molar-refractivity contribution in [1.82, 2.24) is 0 Å². The SMILES string of the molecule is c1ccc(-c2ccc(N(c3ccc(-c4ccccc4)cc3)c3cccc4c3-c3ccccc3C43C4CC5CC(C4)CC3C5)cc2)cc1. The molecule has 4 bridgehead atoms. The Balaban J connectivity index is 1.16. The van der Waals surface area contributed by atoms with E-state index in [-0.39, 0.29) is 5.41 Å². The summed E-state index contributed by atoms with van der Waals surface area (Å²) in [6.07, 6.45) is 7.07. The summed E-state index contributed by atoms with van der Waals surface area (Å²) in [5, 5.41) is 0. The second-order valence-electron chi connectivity index (χ2n) is 14.6. The van der Waals surface area contributed by atoms with E-state index in [1.165, 1.54) is 82.5 Å². The second kappa shape index (κ2) is 10.6. The zero-order valence-electron chi connectivity index (χ0n) is 26.7. The standard InChI is InChI=1S/C46H39N/c1-3-10-33(11-4-1)35-18-22-39(23-19-35)47(40-24-20-36(21-25-40)34-12-5-2-6-13-34)44-17-9-16-43-45(44)41-14-7-8-15-42(41)46(43)37-27-31-26-32(29-37)30-38(46)28-31/h1-25,31-32,37-38H,26-30H2. The van der Waals surface area contributed by atoms with Crippen LogP contribution in [0.5, 0.6) is 0 Å². The van der Waals surface area contributed by atoms with Gasteiger partial charge in [-0.2, -0.15) is 0 Å². The monoisotopic (exact) mass is 605 g/mol. The molecule has 0 radical (unpaired) electrons. The molecule has 1 heteroatoms. The fraction of sp³-hybridized carbons (Fsp3) is 0.217. The van der Waals surface area contributed by atoms with Crippen LogP contribution in [0.25, 0.3) is 33.4 Å². The largest absolute Gasteiger partial charge is 0.310 e. The molecule has 0 unspecified atom stereocenters. The van der Waals surface area contributed by atoms with Crippen LogP contribution >= 0.6 is 0 Å². The van der Waals surface area contributed by atoms with Crippen molar-refractivity contribution in [2.75, 3.05) is 4.90 Å². The molecular weight excluding hydrogens is 567 g/mol. The molecule has 0 amide bonds. The summed E-state index contributed by atoms with van der Waals surface area (Å²) < 4.78 is 0. The van der Waals surface area contributed by atoms with Crippen LogP contribution in [0.3, 0.4) is 0 Å². The number of anilines is 3. The lowest BCUT2D eigenvalue weighted by Crippen LogP contribution is -2.55. The van der Waals surface area contributed by atoms with Gasteiger partial charge in [0.2, 0.25) is 0 Å². The van der Waals surface area contributed by atoms with E-state index < -0.39 is 0 Å². The Hall–Kier alpha value is -4.88. The van der Waals surface area contributed by atoms with Crippen molar-refractivity contribution >= 4 is 17.1 Å². The van der Waals surface area contributed by atoms with Gasteiger partial charge in [-0.3, -0.25) is 0 Å². The highest BCUT2D eigenvalue weighted by Crippen LogP contribution is 2.70. The molecule has 4 saturated carbocycles. The third kappa shape index (κ3) is 4.08. The van der Waals surface area contributed by atoms with Crippen LogP contribution in [0.1, 0.15) is 43.2 Å². The number of hydrogen-bond donors (Lipinski definition) is 0. The molecule has 6 aromatic rings. The van der Waals surface area contributed by atoms with Crippen molar-refractivity contribution in [3.8, 4) is 33.4 Å². The highest BCUT2D eigenvalue weighted by molar-refractivity contribution is 5.95. The van der Waals surface area contributed by atoms with Crippen LogP contribution in [0.2, 0.25) is 0 Å². The molecule has 4 fully saturated rings. The summed E-state index contributed by atoms with van der Waals surface area (Å²) in [6.45, 7) is 0. The molecule has 11 rings (SSSR count). The molecule has 0 aromatic heterocycles. The van der Waals surface area contributed by atoms with Gasteiger partial charge in [-0.1, -0.05) is 121 Å². The predicted molar refractivity (Wildman–Crippen MR) is 195 cm³/mol. The number of fused-ring (bicyclic) bond motifs is 3. The fourth-order valence-corrected chi connectivity index (χ4v) is 10.7. The van der Waals surface area contributed by atoms with Gasteiger partial charge < -0.3 is 4.90 Å². The molecule has 228 valence electrons. The molecule has 0 N–H and O–H groups in total. The van der Waals surface area contributed by atoms with Gasteiger partial charge in [-0.05, 0) is 125 Å². The highest BCUT2D eigenvalue weighted by Gasteiger charge is 2.61. The van der Waals surface area contributed by atoms with E-state index in [1.807, 2.05) is 0 Å². The summed E-state index contributed by atoms with van der Waals surface area (Å²) in [6, 6.07) is 56.5. The van der Waals surface area contributed by atoms with Gasteiger partial charge in [0.15, 0.2) is 0 Å². The third-order valence-corrected chi connectivity index (χ3v) is 12.3. The lowest BCUT2D eigenvalue weighted by molar-refractivity contribution is -0.0399. The lowest BCUT2D eigenvalue weighted by atomic mass is 9.43. The van der Waals surface area contributed by atoms with Crippen molar-refractivity contribution < 1.29 is 0 Å². The van der Waals surface area contributed by atoms with Gasteiger partial charge in [0.05, 0.1) is 5.69 Å². The fourth-order valence-electron chi connectivity index (χ4n) is 10.7. The van der Waals surface area contributed by atoms with Gasteiger partial charge in [0, 0.05) is 22.4 Å². The number of hydrogen-bond acceptors (Lipinski definition) is 1. The quantitative estimate of drug-likeness (QED) is 0.189. The third-order valence-electron chi connectivity index (χ3n) is 12.3. The first-order valence-electron chi connectivity index (χ1n) is 17.6. The maximum absolute atomic E-state index is 2.52. The van der Waals surface area contributed by atoms with Crippen LogP contribution < -0.4 is 4.90 Å². The molecule has 47 heavy (non-hydrogen) atoms. The van der Waals surface area contributed by atoms with E-state index in [9.17, 15) is 0 Å². The average molecular weight is 606 g/mol. The van der Waals surface area contributed by atoms with E-state index in [2.05, 4.69) is 157 Å². The molecule has 0 heterocycles. The van der Waals surface area contributed by atoms with Crippen molar-refractivity contribution in [1.29, 1.82) is 0 Å². The zero-order chi connectivity index (χ0) is 31.0. The number of rotatable bonds is 5. The minimum absolute atomic E-state index is 0.148. The van der Waals surface area contributed by atoms with E-state index in [1.54, 1.807) is 11.1 Å². The molecule has 1 nitrogen and oxygen atoms in total. The summed E-state index contributed by atoms with van der Waals surface area (Å²) in [5.41, 5.74) is 14.9. The van der Waals surface area contributed by atoms with E-state index in [0.29, 0.717) is 0 Å². The smallest absolute Gasteiger partial charge is 0.0543 e. The molecule has 6 aromatic carbocycles. The maximum atomic E-state index is 2.52. The molecule has 0 aliphatic heterocycles. The molecular formula is C46H39N. The molecule has 0 atom stereocenters. The van der Waals surface area contributed by atoms with Gasteiger partial charge in [0.1, 0.15) is 0 Å². The zero-order valence-corrected chi connectivity index (χ0v) is 26.7. The molecule has 1 spiro atoms. The Labute approximate surface area is 278 Å². The van der Waals surface area contributed by atoms with E-state index in [0.717, 1.165) is 23.7 Å². The second-order valence-corrected chi connectivity index (χ2v) is 14.6. The van der Waals surface area contributed by atoms with Gasteiger partial charge >= 0.3 is 0 Å². The normalized spacial score (nSPS) is 24.7. The topological polar surface area (TPSA) is 3.24 Å². The Morgan fingerprint density at radius 1 is 0.404 bits per heavy atom. The minimum Gasteiger partial charge on any atom is -0.310 e. The number of nitrogens with zero attached hydrogens (tertiary/aromatic N) is 1. The van der Waals surface area contributed by atoms with Crippen molar-refractivity contribution in [3.05, 3.63) is 163 Å². The summed E-state index contributed by atoms with van der Waals surface area (Å²) >= 11 is 0. The summed E-state index contributed by atoms with van der Waals surface area (Å²) in [5.74, 6) is 3.37. The Kier molecular flexibility index (Phi) is 6.13. The Morgan fingerprint density at radius 3 is 1.43 bits per heavy atom. The van der Waals surface area contributed by atoms with Gasteiger partial charge in [-0.25, -0.2) is 0 Å². The maximum Gasteiger partial charge on any atom is 0.0543 e. The van der Waals surface area contributed by atoms with Gasteiger partial charge in [-0.15, -0.1) is 0 Å². The summed E-state index contributed by atoms with van der Waals surface area (Å²) in [7, 11) is 0. The van der Waals surface area contributed by atoms with Crippen molar-refractivity contribution in [3.63, 3.8) is 0 Å². The first kappa shape index (κ1) is 27.3. The Morgan fingerprint density at radius 2 is 0.872 bits per heavy atom. The van der Waals surface area contributed by atoms with Crippen LogP contribution in [-0.4, -0.2) is 0 Å². The van der Waals surface area contributed by atoms with Crippen molar-refractivity contribution in [2.24, 2.45) is 23.7 Å². The van der Waals surface area contributed by atoms with Crippen LogP contribution in [0.4, 0.5) is 17.1 Å². The highest BCUT2D eigenvalue weighted by atomic mass is 15.1. The Bertz CT molecular complexity index is 1960. The van der Waals surface area contributed by atoms with Crippen LogP contribution in [0.15, 0.2) is 152 Å². The van der Waals surface area contributed by atoms with Gasteiger partial charge in [0.25, 0.3) is 0 Å². The van der Waals surface area contributed by atoms with Crippen LogP contribution in [-0.2, 0) is 5.41 Å². The molecule has 0 saturated heterocycles. The van der Waals surface area contributed by atoms with E-state index >= 15 is 0 Å². The molecule has 5 aliphatic carbocycles. The first-order valence-corrected chi connectivity index (χ1v) is 17.6. The average Bonchev–Trinajstić information content (AvgIpc) is 3.43. The lowest BCUT2D eigenvalue weighted by Gasteiger charge is -2.61. The first-order chi connectivity index (χ1) is 23.3. The minimum atomic E-state index is 0.148. The predicted octanol–water partition coefficient (Wildman–Crippen LogP) is 12.2. The number of benzene rings is 6. The van der Waals surface area contributed by atoms with Crippen molar-refractivity contribution in [2.45, 2.75) is 37.5 Å². The summed E-state index contributed by atoms with van der Waals surface area (Å²) in [4.78, 5) is 2.52. The van der Waals surface area contributed by atoms with Crippen LogP contribution in [0, 0.1) is 23.7 Å². The van der Waals surface area contributed by atoms with E-state index in [4.69, 9.17) is 0 Å². The molecule has 5 aliphatic rings.